The molecule has 0 unspecified atom stereocenters. The van der Waals surface area contributed by atoms with Gasteiger partial charge in [0, 0.05) is 5.56 Å². The summed E-state index contributed by atoms with van der Waals surface area (Å²) in [5.74, 6) is -0.162. The lowest BCUT2D eigenvalue weighted by molar-refractivity contribution is -0.139. The Morgan fingerprint density at radius 3 is 2.15 bits per heavy atom. The lowest BCUT2D eigenvalue weighted by Gasteiger charge is -2.14. The van der Waals surface area contributed by atoms with Crippen molar-refractivity contribution in [2.45, 2.75) is 33.3 Å². The first-order valence-electron chi connectivity index (χ1n) is 8.34. The number of aromatic hydroxyl groups is 1. The van der Waals surface area contributed by atoms with Crippen LogP contribution in [0.4, 0.5) is 0 Å². The lowest BCUT2D eigenvalue weighted by Crippen LogP contribution is -2.09. The smallest absolute Gasteiger partial charge is 0.341 e. The minimum absolute atomic E-state index is 0.0258. The van der Waals surface area contributed by atoms with Crippen molar-refractivity contribution < 1.29 is 29.3 Å². The number of carbonyl (C=O) groups excluding carboxylic acids is 1. The van der Waals surface area contributed by atoms with Crippen molar-refractivity contribution in [2.24, 2.45) is 0 Å². The summed E-state index contributed by atoms with van der Waals surface area (Å²) in [5.41, 5.74) is 1.86. The summed E-state index contributed by atoms with van der Waals surface area (Å²) in [4.78, 5) is 22.1. The van der Waals surface area contributed by atoms with Crippen molar-refractivity contribution in [3.05, 3.63) is 53.1 Å². The van der Waals surface area contributed by atoms with Gasteiger partial charge in [0.1, 0.15) is 23.9 Å². The molecule has 0 amide bonds. The van der Waals surface area contributed by atoms with Gasteiger partial charge in [0.15, 0.2) is 12.4 Å². The van der Waals surface area contributed by atoms with Gasteiger partial charge in [-0.1, -0.05) is 19.4 Å². The molecule has 0 saturated heterocycles. The van der Waals surface area contributed by atoms with E-state index in [2.05, 4.69) is 0 Å². The second-order valence-electron chi connectivity index (χ2n) is 5.85. The standard InChI is InChI=1S/C20H22O6/c1-3-4-18-14(5-10-17(13(2)21)20(18)24)11-25-15-6-8-16(9-7-15)26-12-19(22)23/h5-10,24H,3-4,11-12H2,1-2H3,(H,22,23). The van der Waals surface area contributed by atoms with Crippen molar-refractivity contribution in [3.8, 4) is 17.2 Å². The van der Waals surface area contributed by atoms with Crippen LogP contribution in [0.2, 0.25) is 0 Å². The van der Waals surface area contributed by atoms with E-state index >= 15 is 0 Å². The van der Waals surface area contributed by atoms with Crippen molar-refractivity contribution in [3.63, 3.8) is 0 Å². The van der Waals surface area contributed by atoms with Gasteiger partial charge >= 0.3 is 5.97 Å². The Kier molecular flexibility index (Phi) is 6.60. The molecule has 2 N–H and O–H groups in total. The molecule has 0 atom stereocenters. The van der Waals surface area contributed by atoms with Crippen LogP contribution < -0.4 is 9.47 Å². The highest BCUT2D eigenvalue weighted by Crippen LogP contribution is 2.29. The van der Waals surface area contributed by atoms with E-state index in [1.54, 1.807) is 36.4 Å². The first-order valence-corrected chi connectivity index (χ1v) is 8.34. The van der Waals surface area contributed by atoms with E-state index in [4.69, 9.17) is 14.6 Å². The Bertz CT molecular complexity index is 780. The lowest BCUT2D eigenvalue weighted by atomic mass is 9.97. The van der Waals surface area contributed by atoms with Crippen LogP contribution in [0.3, 0.4) is 0 Å². The zero-order valence-electron chi connectivity index (χ0n) is 14.8. The van der Waals surface area contributed by atoms with Crippen LogP contribution in [0.5, 0.6) is 17.2 Å². The maximum atomic E-state index is 11.6. The van der Waals surface area contributed by atoms with Gasteiger partial charge in [-0.3, -0.25) is 4.79 Å². The SMILES string of the molecule is CCCc1c(COc2ccc(OCC(=O)O)cc2)ccc(C(C)=O)c1O. The summed E-state index contributed by atoms with van der Waals surface area (Å²) < 4.78 is 10.8. The predicted molar refractivity (Wildman–Crippen MR) is 96.0 cm³/mol. The van der Waals surface area contributed by atoms with Gasteiger partial charge in [-0.2, -0.15) is 0 Å². The average molecular weight is 358 g/mol. The number of carboxylic acid groups (broad SMARTS) is 1. The third kappa shape index (κ3) is 4.99. The number of phenolic OH excluding ortho intramolecular Hbond substituents is 1. The number of aliphatic carboxylic acids is 1. The highest BCUT2D eigenvalue weighted by Gasteiger charge is 2.15. The van der Waals surface area contributed by atoms with Gasteiger partial charge in [0.05, 0.1) is 5.56 Å². The minimum Gasteiger partial charge on any atom is -0.507 e. The molecule has 0 radical (unpaired) electrons. The van der Waals surface area contributed by atoms with Gasteiger partial charge in [0.2, 0.25) is 0 Å². The molecule has 0 spiro atoms. The Hall–Kier alpha value is -3.02. The second kappa shape index (κ2) is 8.89. The fourth-order valence-corrected chi connectivity index (χ4v) is 2.56. The summed E-state index contributed by atoms with van der Waals surface area (Å²) in [5, 5.41) is 19.0. The van der Waals surface area contributed by atoms with Crippen LogP contribution in [-0.2, 0) is 17.8 Å². The molecule has 138 valence electrons. The number of hydrogen-bond donors (Lipinski definition) is 2. The molecule has 0 aliphatic rings. The Labute approximate surface area is 152 Å². The number of rotatable bonds is 9. The summed E-state index contributed by atoms with van der Waals surface area (Å²) >= 11 is 0. The highest BCUT2D eigenvalue weighted by atomic mass is 16.5. The number of benzene rings is 2. The molecule has 0 aliphatic heterocycles. The monoisotopic (exact) mass is 358 g/mol. The summed E-state index contributed by atoms with van der Waals surface area (Å²) in [7, 11) is 0. The number of Topliss-reactive ketones (excluding diaryl/α,β-unsaturated/α-hetero) is 1. The quantitative estimate of drug-likeness (QED) is 0.666. The average Bonchev–Trinajstić information content (AvgIpc) is 2.61. The third-order valence-electron chi connectivity index (χ3n) is 3.84. The number of phenols is 1. The Balaban J connectivity index is 2.10. The van der Waals surface area contributed by atoms with E-state index in [1.807, 2.05) is 6.92 Å². The van der Waals surface area contributed by atoms with Crippen molar-refractivity contribution >= 4 is 11.8 Å². The molecule has 0 bridgehead atoms. The van der Waals surface area contributed by atoms with Crippen LogP contribution in [-0.4, -0.2) is 28.6 Å². The molecule has 0 fully saturated rings. The maximum absolute atomic E-state index is 11.6. The van der Waals surface area contributed by atoms with Crippen molar-refractivity contribution in [2.75, 3.05) is 6.61 Å². The molecule has 0 aliphatic carbocycles. The van der Waals surface area contributed by atoms with Crippen molar-refractivity contribution in [1.29, 1.82) is 0 Å². The van der Waals surface area contributed by atoms with E-state index in [0.717, 1.165) is 17.5 Å². The first-order chi connectivity index (χ1) is 12.4. The molecule has 6 nitrogen and oxygen atoms in total. The van der Waals surface area contributed by atoms with Gasteiger partial charge in [-0.15, -0.1) is 0 Å². The fraction of sp³-hybridized carbons (Fsp3) is 0.300. The van der Waals surface area contributed by atoms with E-state index in [-0.39, 0.29) is 18.1 Å². The van der Waals surface area contributed by atoms with Crippen LogP contribution in [0, 0.1) is 0 Å². The van der Waals surface area contributed by atoms with Crippen LogP contribution >= 0.6 is 0 Å². The van der Waals surface area contributed by atoms with Gasteiger partial charge in [0.25, 0.3) is 0 Å². The zero-order chi connectivity index (χ0) is 19.1. The van der Waals surface area contributed by atoms with Crippen LogP contribution in [0.1, 0.15) is 41.8 Å². The normalized spacial score (nSPS) is 10.4. The first kappa shape index (κ1) is 19.3. The molecule has 0 aromatic heterocycles. The largest absolute Gasteiger partial charge is 0.507 e. The highest BCUT2D eigenvalue weighted by molar-refractivity contribution is 5.97. The van der Waals surface area contributed by atoms with Gasteiger partial charge in [-0.05, 0) is 49.2 Å². The number of hydrogen-bond acceptors (Lipinski definition) is 5. The molecule has 2 rings (SSSR count). The molecule has 0 saturated carbocycles. The number of ether oxygens (including phenoxy) is 2. The number of carbonyl (C=O) groups is 2. The molecule has 2 aromatic carbocycles. The summed E-state index contributed by atoms with van der Waals surface area (Å²) in [6.07, 6.45) is 1.48. The zero-order valence-corrected chi connectivity index (χ0v) is 14.8. The summed E-state index contributed by atoms with van der Waals surface area (Å²) in [6.45, 7) is 3.27. The van der Waals surface area contributed by atoms with E-state index < -0.39 is 12.6 Å². The molecule has 2 aromatic rings. The van der Waals surface area contributed by atoms with Crippen molar-refractivity contribution in [1.82, 2.24) is 0 Å². The maximum Gasteiger partial charge on any atom is 0.341 e. The van der Waals surface area contributed by atoms with Gasteiger partial charge < -0.3 is 19.7 Å². The molecule has 26 heavy (non-hydrogen) atoms. The predicted octanol–water partition coefficient (Wildman–Crippen LogP) is 3.59. The topological polar surface area (TPSA) is 93.1 Å². The van der Waals surface area contributed by atoms with E-state index in [0.29, 0.717) is 23.5 Å². The Morgan fingerprint density at radius 2 is 1.62 bits per heavy atom. The molecular formula is C20H22O6. The third-order valence-corrected chi connectivity index (χ3v) is 3.84. The fourth-order valence-electron chi connectivity index (χ4n) is 2.56. The molecular weight excluding hydrogens is 336 g/mol. The molecule has 0 heterocycles. The van der Waals surface area contributed by atoms with Gasteiger partial charge in [-0.25, -0.2) is 4.79 Å². The Morgan fingerprint density at radius 1 is 1.00 bits per heavy atom. The van der Waals surface area contributed by atoms with E-state index in [1.165, 1.54) is 6.92 Å². The second-order valence-corrected chi connectivity index (χ2v) is 5.85. The van der Waals surface area contributed by atoms with Crippen LogP contribution in [0.15, 0.2) is 36.4 Å². The van der Waals surface area contributed by atoms with E-state index in [9.17, 15) is 14.7 Å². The molecule has 6 heteroatoms. The minimum atomic E-state index is -1.04. The van der Waals surface area contributed by atoms with Crippen LogP contribution in [0.25, 0.3) is 0 Å². The number of carboxylic acids is 1. The summed E-state index contributed by atoms with van der Waals surface area (Å²) in [6, 6.07) is 10.0. The number of ketones is 1.